The van der Waals surface area contributed by atoms with Gasteiger partial charge in [0.1, 0.15) is 23.9 Å². The van der Waals surface area contributed by atoms with Crippen molar-refractivity contribution in [2.75, 3.05) is 13.2 Å². The van der Waals surface area contributed by atoms with E-state index in [2.05, 4.69) is 0 Å². The van der Waals surface area contributed by atoms with E-state index >= 15 is 0 Å². The number of aliphatic hydroxyl groups is 2. The van der Waals surface area contributed by atoms with Crippen molar-refractivity contribution in [3.05, 3.63) is 0 Å². The van der Waals surface area contributed by atoms with Crippen LogP contribution in [0.1, 0.15) is 20.8 Å². The molecule has 2 aliphatic heterocycles. The van der Waals surface area contributed by atoms with E-state index in [0.29, 0.717) is 0 Å². The molecule has 0 aromatic heterocycles. The van der Waals surface area contributed by atoms with Crippen molar-refractivity contribution in [1.82, 2.24) is 0 Å². The van der Waals surface area contributed by atoms with Crippen molar-refractivity contribution in [1.29, 1.82) is 0 Å². The van der Waals surface area contributed by atoms with Crippen LogP contribution in [-0.2, 0) is 9.47 Å². The van der Waals surface area contributed by atoms with Crippen molar-refractivity contribution in [3.8, 4) is 0 Å². The first-order chi connectivity index (χ1) is 6.36. The fourth-order valence-corrected chi connectivity index (χ4v) is 2.15. The van der Waals surface area contributed by atoms with Crippen molar-refractivity contribution in [2.45, 2.75) is 44.7 Å². The lowest BCUT2D eigenvalue weighted by Gasteiger charge is -2.39. The molecule has 4 nitrogen and oxygen atoms in total. The molecule has 0 saturated carbocycles. The molecule has 0 aromatic rings. The quantitative estimate of drug-likeness (QED) is 0.577. The third-order valence-corrected chi connectivity index (χ3v) is 3.39. The van der Waals surface area contributed by atoms with Gasteiger partial charge in [0.05, 0.1) is 13.2 Å². The Balaban J connectivity index is 2.25. The summed E-state index contributed by atoms with van der Waals surface area (Å²) in [5.74, 6) is 0. The minimum absolute atomic E-state index is 0.239. The minimum atomic E-state index is -0.991. The summed E-state index contributed by atoms with van der Waals surface area (Å²) < 4.78 is 10.8. The molecule has 4 atom stereocenters. The summed E-state index contributed by atoms with van der Waals surface area (Å²) in [7, 11) is 0. The van der Waals surface area contributed by atoms with Crippen LogP contribution < -0.4 is 0 Å². The lowest BCUT2D eigenvalue weighted by Crippen LogP contribution is -2.53. The molecule has 0 spiro atoms. The molecule has 0 aliphatic carbocycles. The highest BCUT2D eigenvalue weighted by atomic mass is 16.6. The Morgan fingerprint density at radius 3 is 2.50 bits per heavy atom. The molecule has 0 amide bonds. The van der Waals surface area contributed by atoms with Gasteiger partial charge in [0.25, 0.3) is 0 Å². The van der Waals surface area contributed by atoms with E-state index in [4.69, 9.17) is 9.47 Å². The summed E-state index contributed by atoms with van der Waals surface area (Å²) in [4.78, 5) is 0. The van der Waals surface area contributed by atoms with Gasteiger partial charge in [-0.3, -0.25) is 0 Å². The van der Waals surface area contributed by atoms with Gasteiger partial charge in [0.2, 0.25) is 0 Å². The molecule has 82 valence electrons. The highest BCUT2D eigenvalue weighted by Gasteiger charge is 2.60. The Bertz CT molecular complexity index is 235. The van der Waals surface area contributed by atoms with E-state index in [0.717, 1.165) is 0 Å². The molecule has 0 bridgehead atoms. The molecule has 2 N–H and O–H groups in total. The third-order valence-electron chi connectivity index (χ3n) is 3.39. The molecule has 2 heterocycles. The molecule has 2 rings (SSSR count). The van der Waals surface area contributed by atoms with Crippen LogP contribution in [-0.4, -0.2) is 47.3 Å². The standard InChI is InChI=1S/C10H18O4/c1-9(2,3)10(12)5-14-7-6(11)4-13-8(7)10/h6-8,11-12H,4-5H2,1-3H3/t6-,7+,8-,10+/m0/s1. The van der Waals surface area contributed by atoms with E-state index in [1.54, 1.807) is 0 Å². The second-order valence-electron chi connectivity index (χ2n) is 5.27. The van der Waals surface area contributed by atoms with Crippen LogP contribution in [0.3, 0.4) is 0 Å². The number of hydrogen-bond acceptors (Lipinski definition) is 4. The number of ether oxygens (including phenoxy) is 2. The Labute approximate surface area is 83.8 Å². The van der Waals surface area contributed by atoms with Crippen LogP contribution in [0.15, 0.2) is 0 Å². The average Bonchev–Trinajstić information content (AvgIpc) is 2.55. The van der Waals surface area contributed by atoms with Gasteiger partial charge in [-0.2, -0.15) is 0 Å². The van der Waals surface area contributed by atoms with Gasteiger partial charge in [-0.05, 0) is 5.41 Å². The maximum absolute atomic E-state index is 10.5. The summed E-state index contributed by atoms with van der Waals surface area (Å²) in [6.07, 6.45) is -1.35. The van der Waals surface area contributed by atoms with Gasteiger partial charge in [0.15, 0.2) is 0 Å². The molecule has 2 fully saturated rings. The summed E-state index contributed by atoms with van der Waals surface area (Å²) >= 11 is 0. The molecular weight excluding hydrogens is 184 g/mol. The summed E-state index contributed by atoms with van der Waals surface area (Å²) in [6.45, 7) is 6.35. The van der Waals surface area contributed by atoms with Crippen molar-refractivity contribution in [3.63, 3.8) is 0 Å². The van der Waals surface area contributed by atoms with Crippen LogP contribution >= 0.6 is 0 Å². The first-order valence-corrected chi connectivity index (χ1v) is 5.00. The van der Waals surface area contributed by atoms with E-state index in [1.165, 1.54) is 0 Å². The second kappa shape index (κ2) is 2.92. The molecule has 0 aromatic carbocycles. The first-order valence-electron chi connectivity index (χ1n) is 5.00. The Hall–Kier alpha value is -0.160. The van der Waals surface area contributed by atoms with Gasteiger partial charge in [0, 0.05) is 0 Å². The van der Waals surface area contributed by atoms with Gasteiger partial charge in [-0.1, -0.05) is 20.8 Å². The molecule has 14 heavy (non-hydrogen) atoms. The Kier molecular flexibility index (Phi) is 2.16. The van der Waals surface area contributed by atoms with Gasteiger partial charge >= 0.3 is 0 Å². The molecule has 2 aliphatic rings. The van der Waals surface area contributed by atoms with Crippen LogP contribution in [0.5, 0.6) is 0 Å². The fraction of sp³-hybridized carbons (Fsp3) is 1.00. The van der Waals surface area contributed by atoms with Gasteiger partial charge in [-0.25, -0.2) is 0 Å². The maximum Gasteiger partial charge on any atom is 0.121 e. The van der Waals surface area contributed by atoms with Crippen molar-refractivity contribution >= 4 is 0 Å². The molecular formula is C10H18O4. The molecule has 4 heteroatoms. The Morgan fingerprint density at radius 2 is 1.93 bits per heavy atom. The number of aliphatic hydroxyl groups excluding tert-OH is 1. The number of hydrogen-bond donors (Lipinski definition) is 2. The first kappa shape index (κ1) is 10.4. The van der Waals surface area contributed by atoms with E-state index in [-0.39, 0.29) is 24.7 Å². The van der Waals surface area contributed by atoms with Gasteiger partial charge < -0.3 is 19.7 Å². The predicted molar refractivity (Wildman–Crippen MR) is 49.9 cm³/mol. The predicted octanol–water partition coefficient (Wildman–Crippen LogP) is -0.0779. The van der Waals surface area contributed by atoms with E-state index < -0.39 is 17.8 Å². The van der Waals surface area contributed by atoms with Gasteiger partial charge in [-0.15, -0.1) is 0 Å². The van der Waals surface area contributed by atoms with E-state index in [1.807, 2.05) is 20.8 Å². The highest BCUT2D eigenvalue weighted by molar-refractivity contribution is 5.08. The summed E-state index contributed by atoms with van der Waals surface area (Å²) in [5, 5.41) is 20.0. The molecule has 0 unspecified atom stereocenters. The lowest BCUT2D eigenvalue weighted by molar-refractivity contribution is -0.131. The van der Waals surface area contributed by atoms with Crippen molar-refractivity contribution < 1.29 is 19.7 Å². The van der Waals surface area contributed by atoms with Crippen LogP contribution in [0.4, 0.5) is 0 Å². The SMILES string of the molecule is CC(C)(C)[C@@]1(O)CO[C@@H]2[C@@H](O)CO[C@@H]21. The second-order valence-corrected chi connectivity index (χ2v) is 5.27. The highest BCUT2D eigenvalue weighted by Crippen LogP contribution is 2.44. The zero-order valence-electron chi connectivity index (χ0n) is 8.86. The third kappa shape index (κ3) is 1.21. The molecule has 0 radical (unpaired) electrons. The fourth-order valence-electron chi connectivity index (χ4n) is 2.15. The smallest absolute Gasteiger partial charge is 0.121 e. The van der Waals surface area contributed by atoms with Crippen LogP contribution in [0, 0.1) is 5.41 Å². The minimum Gasteiger partial charge on any atom is -0.388 e. The Morgan fingerprint density at radius 1 is 1.29 bits per heavy atom. The van der Waals surface area contributed by atoms with Crippen LogP contribution in [0.25, 0.3) is 0 Å². The zero-order chi connectivity index (χ0) is 10.6. The zero-order valence-corrected chi connectivity index (χ0v) is 8.86. The van der Waals surface area contributed by atoms with E-state index in [9.17, 15) is 10.2 Å². The summed E-state index contributed by atoms with van der Waals surface area (Å²) in [5.41, 5.74) is -1.30. The molecule has 2 saturated heterocycles. The maximum atomic E-state index is 10.5. The number of fused-ring (bicyclic) bond motifs is 1. The van der Waals surface area contributed by atoms with Crippen LogP contribution in [0.2, 0.25) is 0 Å². The topological polar surface area (TPSA) is 58.9 Å². The number of rotatable bonds is 0. The monoisotopic (exact) mass is 202 g/mol. The average molecular weight is 202 g/mol. The lowest BCUT2D eigenvalue weighted by atomic mass is 9.73. The summed E-state index contributed by atoms with van der Waals surface area (Å²) in [6, 6.07) is 0. The largest absolute Gasteiger partial charge is 0.388 e. The normalized spacial score (nSPS) is 48.2. The van der Waals surface area contributed by atoms with Crippen molar-refractivity contribution in [2.24, 2.45) is 5.41 Å².